The van der Waals surface area contributed by atoms with Crippen LogP contribution < -0.4 is 16.4 Å². The van der Waals surface area contributed by atoms with Gasteiger partial charge in [0.15, 0.2) is 0 Å². The minimum atomic E-state index is -0.366. The summed E-state index contributed by atoms with van der Waals surface area (Å²) in [4.78, 5) is 20.2. The lowest BCUT2D eigenvalue weighted by molar-refractivity contribution is -0.128. The van der Waals surface area contributed by atoms with Crippen LogP contribution in [0.3, 0.4) is 0 Å². The van der Waals surface area contributed by atoms with Gasteiger partial charge in [-0.1, -0.05) is 20.8 Å². The number of fused-ring (bicyclic) bond motifs is 1. The van der Waals surface area contributed by atoms with Gasteiger partial charge in [0.25, 0.3) is 0 Å². The van der Waals surface area contributed by atoms with Gasteiger partial charge in [0.1, 0.15) is 5.82 Å². The summed E-state index contributed by atoms with van der Waals surface area (Å²) in [6.07, 6.45) is 4.25. The van der Waals surface area contributed by atoms with Crippen molar-refractivity contribution in [3.63, 3.8) is 0 Å². The third-order valence-corrected chi connectivity index (χ3v) is 4.09. The van der Waals surface area contributed by atoms with Crippen LogP contribution in [0.1, 0.15) is 27.2 Å². The molecule has 3 rings (SSSR count). The molecule has 0 bridgehead atoms. The Kier molecular flexibility index (Phi) is 5.25. The molecule has 0 atom stereocenters. The molecular formula is C19H25N7O. The predicted molar refractivity (Wildman–Crippen MR) is 107 cm³/mol. The van der Waals surface area contributed by atoms with Crippen molar-refractivity contribution < 1.29 is 4.79 Å². The minimum Gasteiger partial charge on any atom is -0.384 e. The lowest BCUT2D eigenvalue weighted by Gasteiger charge is -2.17. The fraction of sp³-hybridized carbons (Fsp3) is 0.368. The van der Waals surface area contributed by atoms with Gasteiger partial charge in [0.05, 0.1) is 11.7 Å². The number of anilines is 3. The van der Waals surface area contributed by atoms with Crippen LogP contribution in [0.25, 0.3) is 10.9 Å². The monoisotopic (exact) mass is 367 g/mol. The SMILES string of the molecule is CC(C)(C)C(=O)NCCCn1ncc2cc(Nc3nccc(N)n3)ccc21. The van der Waals surface area contributed by atoms with Gasteiger partial charge in [-0.25, -0.2) is 4.98 Å². The van der Waals surface area contributed by atoms with Crippen LogP contribution in [-0.4, -0.2) is 32.2 Å². The Morgan fingerprint density at radius 1 is 1.26 bits per heavy atom. The summed E-state index contributed by atoms with van der Waals surface area (Å²) in [6.45, 7) is 7.08. The molecule has 27 heavy (non-hydrogen) atoms. The van der Waals surface area contributed by atoms with Crippen LogP contribution in [-0.2, 0) is 11.3 Å². The Bertz CT molecular complexity index is 943. The van der Waals surface area contributed by atoms with Gasteiger partial charge >= 0.3 is 0 Å². The fourth-order valence-corrected chi connectivity index (χ4v) is 2.60. The molecule has 0 radical (unpaired) electrons. The summed E-state index contributed by atoms with van der Waals surface area (Å²) in [6, 6.07) is 7.59. The van der Waals surface area contributed by atoms with Crippen molar-refractivity contribution in [1.82, 2.24) is 25.1 Å². The van der Waals surface area contributed by atoms with Crippen LogP contribution >= 0.6 is 0 Å². The summed E-state index contributed by atoms with van der Waals surface area (Å²) in [5.74, 6) is 0.934. The van der Waals surface area contributed by atoms with E-state index in [1.807, 2.05) is 49.8 Å². The van der Waals surface area contributed by atoms with Crippen molar-refractivity contribution in [2.75, 3.05) is 17.6 Å². The van der Waals surface area contributed by atoms with E-state index in [-0.39, 0.29) is 11.3 Å². The lowest BCUT2D eigenvalue weighted by Crippen LogP contribution is -2.35. The van der Waals surface area contributed by atoms with Crippen LogP contribution in [0.4, 0.5) is 17.5 Å². The number of nitrogens with two attached hydrogens (primary N) is 1. The van der Waals surface area contributed by atoms with Crippen LogP contribution in [0.15, 0.2) is 36.7 Å². The first kappa shape index (κ1) is 18.6. The number of aryl methyl sites for hydroxylation is 1. The largest absolute Gasteiger partial charge is 0.384 e. The first-order valence-corrected chi connectivity index (χ1v) is 8.92. The third-order valence-electron chi connectivity index (χ3n) is 4.09. The molecule has 0 spiro atoms. The Balaban J connectivity index is 1.61. The number of carbonyl (C=O) groups is 1. The van der Waals surface area contributed by atoms with Crippen molar-refractivity contribution in [2.24, 2.45) is 5.41 Å². The van der Waals surface area contributed by atoms with Crippen molar-refractivity contribution >= 4 is 34.3 Å². The van der Waals surface area contributed by atoms with Gasteiger partial charge in [-0.2, -0.15) is 10.1 Å². The minimum absolute atomic E-state index is 0.0623. The van der Waals surface area contributed by atoms with E-state index in [4.69, 9.17) is 5.73 Å². The molecule has 0 saturated carbocycles. The zero-order valence-corrected chi connectivity index (χ0v) is 15.9. The molecule has 0 aliphatic heterocycles. The van der Waals surface area contributed by atoms with E-state index in [1.165, 1.54) is 0 Å². The number of nitrogen functional groups attached to an aromatic ring is 1. The van der Waals surface area contributed by atoms with E-state index < -0.39 is 0 Å². The number of hydrogen-bond donors (Lipinski definition) is 3. The van der Waals surface area contributed by atoms with Crippen molar-refractivity contribution in [2.45, 2.75) is 33.7 Å². The topological polar surface area (TPSA) is 111 Å². The number of nitrogens with zero attached hydrogens (tertiary/aromatic N) is 4. The molecule has 2 aromatic heterocycles. The van der Waals surface area contributed by atoms with Crippen molar-refractivity contribution in [3.05, 3.63) is 36.7 Å². The second-order valence-electron chi connectivity index (χ2n) is 7.43. The Labute approximate surface area is 158 Å². The lowest BCUT2D eigenvalue weighted by atomic mass is 9.96. The molecule has 0 aliphatic rings. The molecule has 8 heteroatoms. The summed E-state index contributed by atoms with van der Waals surface area (Å²) in [7, 11) is 0. The molecule has 0 saturated heterocycles. The molecule has 0 fully saturated rings. The number of aromatic nitrogens is 4. The van der Waals surface area contributed by atoms with Gasteiger partial charge in [0.2, 0.25) is 11.9 Å². The zero-order valence-electron chi connectivity index (χ0n) is 15.9. The quantitative estimate of drug-likeness (QED) is 0.578. The summed E-state index contributed by atoms with van der Waals surface area (Å²) in [5.41, 5.74) is 7.21. The van der Waals surface area contributed by atoms with Crippen molar-refractivity contribution in [1.29, 1.82) is 0 Å². The average molecular weight is 367 g/mol. The molecule has 1 aromatic carbocycles. The van der Waals surface area contributed by atoms with E-state index in [1.54, 1.807) is 12.3 Å². The number of rotatable bonds is 6. The maximum atomic E-state index is 11.9. The molecule has 1 amide bonds. The summed E-state index contributed by atoms with van der Waals surface area (Å²) in [5, 5.41) is 11.6. The Morgan fingerprint density at radius 3 is 2.81 bits per heavy atom. The highest BCUT2D eigenvalue weighted by Gasteiger charge is 2.20. The maximum absolute atomic E-state index is 11.9. The summed E-state index contributed by atoms with van der Waals surface area (Å²) >= 11 is 0. The molecule has 4 N–H and O–H groups in total. The van der Waals surface area contributed by atoms with Gasteiger partial charge in [-0.15, -0.1) is 0 Å². The molecule has 0 unspecified atom stereocenters. The van der Waals surface area contributed by atoms with E-state index in [9.17, 15) is 4.79 Å². The first-order valence-electron chi connectivity index (χ1n) is 8.92. The molecular weight excluding hydrogens is 342 g/mol. The standard InChI is InChI=1S/C19H25N7O/c1-19(2,3)17(27)21-8-4-10-26-15-6-5-14(11-13(15)12-23-26)24-18-22-9-7-16(20)25-18/h5-7,9,11-12H,4,8,10H2,1-3H3,(H,21,27)(H3,20,22,24,25). The summed E-state index contributed by atoms with van der Waals surface area (Å²) < 4.78 is 1.94. The predicted octanol–water partition coefficient (Wildman–Crippen LogP) is 2.70. The third kappa shape index (κ3) is 4.72. The highest BCUT2D eigenvalue weighted by molar-refractivity contribution is 5.83. The van der Waals surface area contributed by atoms with E-state index in [0.717, 1.165) is 29.6 Å². The van der Waals surface area contributed by atoms with E-state index in [0.29, 0.717) is 18.3 Å². The fourth-order valence-electron chi connectivity index (χ4n) is 2.60. The van der Waals surface area contributed by atoms with E-state index in [2.05, 4.69) is 25.7 Å². The smallest absolute Gasteiger partial charge is 0.229 e. The number of carbonyl (C=O) groups excluding carboxylic acids is 1. The Hall–Kier alpha value is -3.16. The van der Waals surface area contributed by atoms with Gasteiger partial charge < -0.3 is 16.4 Å². The van der Waals surface area contributed by atoms with Crippen LogP contribution in [0.5, 0.6) is 0 Å². The average Bonchev–Trinajstić information content (AvgIpc) is 3.00. The number of nitrogens with one attached hydrogen (secondary N) is 2. The van der Waals surface area contributed by atoms with Crippen molar-refractivity contribution in [3.8, 4) is 0 Å². The van der Waals surface area contributed by atoms with Crippen LogP contribution in [0, 0.1) is 5.41 Å². The van der Waals surface area contributed by atoms with E-state index >= 15 is 0 Å². The molecule has 3 aromatic rings. The number of hydrogen-bond acceptors (Lipinski definition) is 6. The molecule has 142 valence electrons. The van der Waals surface area contributed by atoms with Gasteiger partial charge in [-0.05, 0) is 30.7 Å². The molecule has 0 aliphatic carbocycles. The normalized spacial score (nSPS) is 11.5. The molecule has 2 heterocycles. The number of amides is 1. The van der Waals surface area contributed by atoms with Gasteiger partial charge in [0, 0.05) is 35.8 Å². The second kappa shape index (κ2) is 7.61. The maximum Gasteiger partial charge on any atom is 0.229 e. The number of benzene rings is 1. The van der Waals surface area contributed by atoms with Gasteiger partial charge in [-0.3, -0.25) is 9.48 Å². The second-order valence-corrected chi connectivity index (χ2v) is 7.43. The highest BCUT2D eigenvalue weighted by Crippen LogP contribution is 2.21. The first-order chi connectivity index (χ1) is 12.8. The van der Waals surface area contributed by atoms with Crippen LogP contribution in [0.2, 0.25) is 0 Å². The molecule has 8 nitrogen and oxygen atoms in total. The zero-order chi connectivity index (χ0) is 19.4. The highest BCUT2D eigenvalue weighted by atomic mass is 16.2. The Morgan fingerprint density at radius 2 is 2.07 bits per heavy atom.